The molecule has 3 N–H and O–H groups in total. The predicted octanol–water partition coefficient (Wildman–Crippen LogP) is 1.67. The summed E-state index contributed by atoms with van der Waals surface area (Å²) in [5.74, 6) is 8.17. The van der Waals surface area contributed by atoms with Crippen molar-refractivity contribution in [2.45, 2.75) is 18.9 Å². The highest BCUT2D eigenvalue weighted by Crippen LogP contribution is 2.21. The summed E-state index contributed by atoms with van der Waals surface area (Å²) >= 11 is 0. The molecular weight excluding hydrogens is 198 g/mol. The van der Waals surface area contributed by atoms with Crippen LogP contribution in [0.1, 0.15) is 24.4 Å². The molecule has 0 fully saturated rings. The zero-order valence-corrected chi connectivity index (χ0v) is 9.90. The number of hydrogen-bond donors (Lipinski definition) is 2. The third-order valence-electron chi connectivity index (χ3n) is 2.57. The number of hydrogen-bond acceptors (Lipinski definition) is 3. The molecule has 0 radical (unpaired) electrons. The molecule has 0 spiro atoms. The van der Waals surface area contributed by atoms with Crippen LogP contribution >= 0.6 is 0 Å². The Morgan fingerprint density at radius 1 is 1.50 bits per heavy atom. The van der Waals surface area contributed by atoms with Crippen LogP contribution in [0.2, 0.25) is 0 Å². The first-order valence-corrected chi connectivity index (χ1v) is 5.36. The van der Waals surface area contributed by atoms with E-state index in [2.05, 4.69) is 34.4 Å². The monoisotopic (exact) mass is 217 g/mol. The number of benzene rings is 1. The van der Waals surface area contributed by atoms with Crippen molar-refractivity contribution in [3.63, 3.8) is 0 Å². The molecule has 16 heavy (non-hydrogen) atoms. The fraction of sp³-hybridized carbons (Fsp3) is 0.385. The van der Waals surface area contributed by atoms with Crippen molar-refractivity contribution < 1.29 is 0 Å². The molecule has 1 rings (SSSR count). The van der Waals surface area contributed by atoms with Gasteiger partial charge in [-0.05, 0) is 24.1 Å². The standard InChI is InChI=1S/C13H19N3/c1-4-5-9-13(15-14)11-7-6-8-12(10-11)16(2)3/h1,6-8,10,13,15H,5,9,14H2,2-3H3. The molecule has 0 aromatic heterocycles. The van der Waals surface area contributed by atoms with E-state index in [1.54, 1.807) is 0 Å². The van der Waals surface area contributed by atoms with E-state index in [4.69, 9.17) is 12.3 Å². The highest BCUT2D eigenvalue weighted by molar-refractivity contribution is 5.47. The molecule has 0 aliphatic heterocycles. The van der Waals surface area contributed by atoms with Crippen LogP contribution in [-0.4, -0.2) is 14.1 Å². The Morgan fingerprint density at radius 3 is 2.81 bits per heavy atom. The van der Waals surface area contributed by atoms with Gasteiger partial charge < -0.3 is 4.90 Å². The number of nitrogens with one attached hydrogen (secondary N) is 1. The Morgan fingerprint density at radius 2 is 2.25 bits per heavy atom. The molecule has 0 bridgehead atoms. The van der Waals surface area contributed by atoms with Gasteiger partial charge in [0.2, 0.25) is 0 Å². The Balaban J connectivity index is 2.84. The summed E-state index contributed by atoms with van der Waals surface area (Å²) in [5, 5.41) is 0. The van der Waals surface area contributed by atoms with E-state index < -0.39 is 0 Å². The maximum absolute atomic E-state index is 5.54. The molecule has 1 aromatic rings. The van der Waals surface area contributed by atoms with Crippen LogP contribution in [0, 0.1) is 12.3 Å². The van der Waals surface area contributed by atoms with Crippen LogP contribution in [0.5, 0.6) is 0 Å². The lowest BCUT2D eigenvalue weighted by Gasteiger charge is -2.18. The topological polar surface area (TPSA) is 41.3 Å². The van der Waals surface area contributed by atoms with Gasteiger partial charge in [-0.15, -0.1) is 12.3 Å². The highest BCUT2D eigenvalue weighted by atomic mass is 15.2. The number of nitrogens with zero attached hydrogens (tertiary/aromatic N) is 1. The van der Waals surface area contributed by atoms with Crippen LogP contribution in [-0.2, 0) is 0 Å². The molecule has 1 atom stereocenters. The van der Waals surface area contributed by atoms with Crippen molar-refractivity contribution in [2.75, 3.05) is 19.0 Å². The quantitative estimate of drug-likeness (QED) is 0.448. The summed E-state index contributed by atoms with van der Waals surface area (Å²) in [6, 6.07) is 8.41. The Labute approximate surface area is 97.6 Å². The van der Waals surface area contributed by atoms with Gasteiger partial charge in [0.1, 0.15) is 0 Å². The van der Waals surface area contributed by atoms with Gasteiger partial charge in [-0.3, -0.25) is 11.3 Å². The highest BCUT2D eigenvalue weighted by Gasteiger charge is 2.09. The van der Waals surface area contributed by atoms with E-state index in [-0.39, 0.29) is 6.04 Å². The van der Waals surface area contributed by atoms with Gasteiger partial charge in [0.05, 0.1) is 0 Å². The fourth-order valence-electron chi connectivity index (χ4n) is 1.59. The largest absolute Gasteiger partial charge is 0.378 e. The van der Waals surface area contributed by atoms with Crippen LogP contribution in [0.25, 0.3) is 0 Å². The Bertz CT molecular complexity index is 366. The first-order valence-electron chi connectivity index (χ1n) is 5.36. The van der Waals surface area contributed by atoms with Gasteiger partial charge >= 0.3 is 0 Å². The molecule has 0 saturated carbocycles. The summed E-state index contributed by atoms with van der Waals surface area (Å²) in [4.78, 5) is 2.07. The second-order valence-electron chi connectivity index (χ2n) is 3.95. The second-order valence-corrected chi connectivity index (χ2v) is 3.95. The number of nitrogens with two attached hydrogens (primary N) is 1. The first-order chi connectivity index (χ1) is 7.69. The van der Waals surface area contributed by atoms with E-state index in [1.807, 2.05) is 20.2 Å². The molecular formula is C13H19N3. The normalized spacial score (nSPS) is 11.9. The van der Waals surface area contributed by atoms with E-state index in [0.717, 1.165) is 12.8 Å². The number of rotatable bonds is 5. The number of hydrazine groups is 1. The van der Waals surface area contributed by atoms with Crippen LogP contribution in [0.3, 0.4) is 0 Å². The van der Waals surface area contributed by atoms with Crippen LogP contribution < -0.4 is 16.2 Å². The summed E-state index contributed by atoms with van der Waals surface area (Å²) in [7, 11) is 4.04. The molecule has 0 aliphatic carbocycles. The maximum Gasteiger partial charge on any atom is 0.0469 e. The Kier molecular flexibility index (Phi) is 4.84. The maximum atomic E-state index is 5.54. The zero-order chi connectivity index (χ0) is 12.0. The van der Waals surface area contributed by atoms with Gasteiger partial charge in [0.25, 0.3) is 0 Å². The van der Waals surface area contributed by atoms with Crippen molar-refractivity contribution in [3.8, 4) is 12.3 Å². The fourth-order valence-corrected chi connectivity index (χ4v) is 1.59. The van der Waals surface area contributed by atoms with E-state index in [1.165, 1.54) is 11.3 Å². The average molecular weight is 217 g/mol. The van der Waals surface area contributed by atoms with Gasteiger partial charge in [-0.25, -0.2) is 0 Å². The molecule has 0 saturated heterocycles. The smallest absolute Gasteiger partial charge is 0.0469 e. The molecule has 0 amide bonds. The van der Waals surface area contributed by atoms with Gasteiger partial charge in [0.15, 0.2) is 0 Å². The van der Waals surface area contributed by atoms with E-state index >= 15 is 0 Å². The molecule has 1 aromatic carbocycles. The average Bonchev–Trinajstić information content (AvgIpc) is 2.30. The van der Waals surface area contributed by atoms with Crippen LogP contribution in [0.15, 0.2) is 24.3 Å². The third kappa shape index (κ3) is 3.27. The summed E-state index contributed by atoms with van der Waals surface area (Å²) in [6.45, 7) is 0. The third-order valence-corrected chi connectivity index (χ3v) is 2.57. The van der Waals surface area contributed by atoms with Crippen molar-refractivity contribution >= 4 is 5.69 Å². The lowest BCUT2D eigenvalue weighted by atomic mass is 10.0. The molecule has 1 unspecified atom stereocenters. The predicted molar refractivity (Wildman–Crippen MR) is 68.9 cm³/mol. The second kappa shape index (κ2) is 6.16. The minimum Gasteiger partial charge on any atom is -0.378 e. The van der Waals surface area contributed by atoms with Crippen molar-refractivity contribution in [1.29, 1.82) is 0 Å². The first kappa shape index (κ1) is 12.6. The zero-order valence-electron chi connectivity index (χ0n) is 9.90. The molecule has 3 heteroatoms. The molecule has 3 nitrogen and oxygen atoms in total. The van der Waals surface area contributed by atoms with Crippen molar-refractivity contribution in [3.05, 3.63) is 29.8 Å². The summed E-state index contributed by atoms with van der Waals surface area (Å²) in [5.41, 5.74) is 5.14. The van der Waals surface area contributed by atoms with E-state index in [9.17, 15) is 0 Å². The van der Waals surface area contributed by atoms with Crippen molar-refractivity contribution in [2.24, 2.45) is 5.84 Å². The van der Waals surface area contributed by atoms with Gasteiger partial charge in [-0.2, -0.15) is 0 Å². The van der Waals surface area contributed by atoms with Crippen molar-refractivity contribution in [1.82, 2.24) is 5.43 Å². The minimum atomic E-state index is 0.121. The summed E-state index contributed by atoms with van der Waals surface area (Å²) in [6.07, 6.45) is 6.84. The molecule has 0 aliphatic rings. The number of anilines is 1. The molecule has 0 heterocycles. The lowest BCUT2D eigenvalue weighted by molar-refractivity contribution is 0.524. The summed E-state index contributed by atoms with van der Waals surface area (Å²) < 4.78 is 0. The van der Waals surface area contributed by atoms with E-state index in [0.29, 0.717) is 0 Å². The molecule has 86 valence electrons. The van der Waals surface area contributed by atoms with Crippen LogP contribution in [0.4, 0.5) is 5.69 Å². The Hall–Kier alpha value is -1.50. The van der Waals surface area contributed by atoms with Gasteiger partial charge in [-0.1, -0.05) is 12.1 Å². The van der Waals surface area contributed by atoms with Gasteiger partial charge in [0, 0.05) is 32.2 Å². The SMILES string of the molecule is C#CCCC(NN)c1cccc(N(C)C)c1. The minimum absolute atomic E-state index is 0.121. The number of terminal acetylenes is 1. The lowest BCUT2D eigenvalue weighted by Crippen LogP contribution is -2.28.